The molecule has 0 bridgehead atoms. The van der Waals surface area contributed by atoms with Crippen molar-refractivity contribution in [2.45, 2.75) is 0 Å². The molecule has 0 saturated carbocycles. The molecule has 0 radical (unpaired) electrons. The molecule has 0 N–H and O–H groups in total. The first-order chi connectivity index (χ1) is 19.3. The van der Waals surface area contributed by atoms with Crippen LogP contribution in [0.1, 0.15) is 0 Å². The predicted molar refractivity (Wildman–Crippen MR) is 160 cm³/mol. The molecular weight excluding hydrogens is 478 g/mol. The minimum atomic E-state index is 0.866. The lowest BCUT2D eigenvalue weighted by atomic mass is 10.0. The van der Waals surface area contributed by atoms with E-state index in [1.807, 2.05) is 12.1 Å². The van der Waals surface area contributed by atoms with Gasteiger partial charge >= 0.3 is 0 Å². The Hall–Kier alpha value is -5.35. The highest BCUT2D eigenvalue weighted by atomic mass is 16.3. The third-order valence-electron chi connectivity index (χ3n) is 7.90. The molecule has 1 aliphatic heterocycles. The van der Waals surface area contributed by atoms with Crippen LogP contribution in [0.25, 0.3) is 60.6 Å². The smallest absolute Gasteiger partial charge is 0.220 e. The highest BCUT2D eigenvalue weighted by Crippen LogP contribution is 2.48. The number of hydrogen-bond acceptors (Lipinski definition) is 3. The third-order valence-corrected chi connectivity index (χ3v) is 7.90. The number of para-hydroxylation sites is 3. The van der Waals surface area contributed by atoms with Crippen LogP contribution < -0.4 is 4.90 Å². The molecule has 4 heteroatoms. The number of benzene rings is 6. The van der Waals surface area contributed by atoms with Gasteiger partial charge in [-0.2, -0.15) is 0 Å². The van der Waals surface area contributed by atoms with Gasteiger partial charge in [0.25, 0.3) is 0 Å². The molecule has 39 heavy (non-hydrogen) atoms. The molecule has 0 spiro atoms. The summed E-state index contributed by atoms with van der Waals surface area (Å²) in [5.41, 5.74) is 9.44. The van der Waals surface area contributed by atoms with Crippen molar-refractivity contribution in [3.8, 4) is 16.8 Å². The summed E-state index contributed by atoms with van der Waals surface area (Å²) in [5, 5.41) is 4.59. The maximum atomic E-state index is 6.16. The standard InChI is InChI=1S/C35H21N3O/c1-2-10-23-20-32-29(19-22(23)9-1)36-35-37(24-17-18-34-28(21-24)27-13-5-8-16-33(27)39-34)30-14-6-3-11-25(30)26-12-4-7-15-31(26)38(32)35/h1-21H. The fraction of sp³-hybridized carbons (Fsp3) is 0. The van der Waals surface area contributed by atoms with Crippen LogP contribution in [0.5, 0.6) is 0 Å². The number of hydrogen-bond donors (Lipinski definition) is 0. The van der Waals surface area contributed by atoms with Gasteiger partial charge < -0.3 is 4.42 Å². The Morgan fingerprint density at radius 2 is 1.21 bits per heavy atom. The van der Waals surface area contributed by atoms with Crippen molar-refractivity contribution in [2.24, 2.45) is 0 Å². The summed E-state index contributed by atoms with van der Waals surface area (Å²) in [6, 6.07) is 44.9. The van der Waals surface area contributed by atoms with Crippen LogP contribution in [-0.2, 0) is 0 Å². The van der Waals surface area contributed by atoms with Crippen LogP contribution in [0.15, 0.2) is 132 Å². The molecule has 0 atom stereocenters. The van der Waals surface area contributed by atoms with Gasteiger partial charge in [-0.25, -0.2) is 4.98 Å². The van der Waals surface area contributed by atoms with Crippen molar-refractivity contribution >= 4 is 61.1 Å². The molecule has 9 rings (SSSR count). The quantitative estimate of drug-likeness (QED) is 0.225. The van der Waals surface area contributed by atoms with E-state index in [-0.39, 0.29) is 0 Å². The largest absolute Gasteiger partial charge is 0.456 e. The lowest BCUT2D eigenvalue weighted by Crippen LogP contribution is -2.14. The molecule has 0 unspecified atom stereocenters. The molecule has 0 amide bonds. The van der Waals surface area contributed by atoms with E-state index < -0.39 is 0 Å². The lowest BCUT2D eigenvalue weighted by Gasteiger charge is -2.24. The number of rotatable bonds is 1. The summed E-state index contributed by atoms with van der Waals surface area (Å²) in [7, 11) is 0. The van der Waals surface area contributed by atoms with Crippen LogP contribution >= 0.6 is 0 Å². The normalized spacial score (nSPS) is 12.6. The second-order valence-electron chi connectivity index (χ2n) is 10.1. The van der Waals surface area contributed by atoms with E-state index in [0.717, 1.165) is 56.0 Å². The first-order valence-corrected chi connectivity index (χ1v) is 13.1. The van der Waals surface area contributed by atoms with Crippen LogP contribution in [0, 0.1) is 0 Å². The lowest BCUT2D eigenvalue weighted by molar-refractivity contribution is 0.669. The minimum absolute atomic E-state index is 0.866. The maximum Gasteiger partial charge on any atom is 0.220 e. The summed E-state index contributed by atoms with van der Waals surface area (Å²) < 4.78 is 8.48. The molecule has 1 aliphatic rings. The Balaban J connectivity index is 1.42. The van der Waals surface area contributed by atoms with Crippen molar-refractivity contribution < 1.29 is 4.42 Å². The average molecular weight is 500 g/mol. The fourth-order valence-electron chi connectivity index (χ4n) is 6.15. The van der Waals surface area contributed by atoms with Crippen LogP contribution in [0.4, 0.5) is 17.3 Å². The van der Waals surface area contributed by atoms with Gasteiger partial charge in [0.2, 0.25) is 5.95 Å². The van der Waals surface area contributed by atoms with Gasteiger partial charge in [-0.1, -0.05) is 78.9 Å². The Morgan fingerprint density at radius 1 is 0.538 bits per heavy atom. The molecule has 0 fully saturated rings. The van der Waals surface area contributed by atoms with Crippen LogP contribution in [0.3, 0.4) is 0 Å². The summed E-state index contributed by atoms with van der Waals surface area (Å²) in [6.45, 7) is 0. The molecule has 0 aliphatic carbocycles. The topological polar surface area (TPSA) is 34.2 Å². The summed E-state index contributed by atoms with van der Waals surface area (Å²) in [5.74, 6) is 0.866. The minimum Gasteiger partial charge on any atom is -0.456 e. The zero-order valence-corrected chi connectivity index (χ0v) is 20.9. The SMILES string of the molecule is c1ccc2c(c1)-c1ccccc1-n1c(nc3cc4ccccc4cc31)N2c1ccc2oc3ccccc3c2c1. The van der Waals surface area contributed by atoms with Crippen molar-refractivity contribution in [1.82, 2.24) is 9.55 Å². The molecule has 4 nitrogen and oxygen atoms in total. The number of aromatic nitrogens is 2. The molecule has 2 aromatic heterocycles. The fourth-order valence-corrected chi connectivity index (χ4v) is 6.15. The Kier molecular flexibility index (Phi) is 4.02. The van der Waals surface area contributed by atoms with Gasteiger partial charge in [0.15, 0.2) is 0 Å². The van der Waals surface area contributed by atoms with E-state index in [1.165, 1.54) is 21.9 Å². The maximum absolute atomic E-state index is 6.16. The zero-order valence-electron chi connectivity index (χ0n) is 20.9. The predicted octanol–water partition coefficient (Wildman–Crippen LogP) is 9.53. The van der Waals surface area contributed by atoms with E-state index in [2.05, 4.69) is 125 Å². The Morgan fingerprint density at radius 3 is 2.08 bits per heavy atom. The van der Waals surface area contributed by atoms with Crippen molar-refractivity contribution in [3.63, 3.8) is 0 Å². The van der Waals surface area contributed by atoms with E-state index in [9.17, 15) is 0 Å². The van der Waals surface area contributed by atoms with E-state index in [1.54, 1.807) is 0 Å². The Labute approximate surface area is 224 Å². The van der Waals surface area contributed by atoms with E-state index in [0.29, 0.717) is 0 Å². The number of imidazole rings is 1. The monoisotopic (exact) mass is 499 g/mol. The summed E-state index contributed by atoms with van der Waals surface area (Å²) in [6.07, 6.45) is 0. The van der Waals surface area contributed by atoms with E-state index in [4.69, 9.17) is 9.40 Å². The number of furan rings is 1. The van der Waals surface area contributed by atoms with Gasteiger partial charge in [-0.15, -0.1) is 0 Å². The third kappa shape index (κ3) is 2.85. The van der Waals surface area contributed by atoms with Gasteiger partial charge in [0.1, 0.15) is 11.2 Å². The molecule has 182 valence electrons. The highest BCUT2D eigenvalue weighted by Gasteiger charge is 2.29. The number of anilines is 3. The average Bonchev–Trinajstić information content (AvgIpc) is 3.50. The second kappa shape index (κ2) is 7.59. The van der Waals surface area contributed by atoms with Gasteiger partial charge in [-0.05, 0) is 59.3 Å². The molecule has 8 aromatic rings. The van der Waals surface area contributed by atoms with Crippen molar-refractivity contribution in [2.75, 3.05) is 4.90 Å². The van der Waals surface area contributed by atoms with Crippen LogP contribution in [-0.4, -0.2) is 9.55 Å². The first kappa shape index (κ1) is 20.7. The first-order valence-electron chi connectivity index (χ1n) is 13.1. The van der Waals surface area contributed by atoms with Crippen molar-refractivity contribution in [3.05, 3.63) is 127 Å². The number of nitrogens with zero attached hydrogens (tertiary/aromatic N) is 3. The summed E-state index contributed by atoms with van der Waals surface area (Å²) in [4.78, 5) is 7.61. The van der Waals surface area contributed by atoms with Gasteiger partial charge in [0, 0.05) is 27.6 Å². The number of fused-ring (bicyclic) bond motifs is 11. The van der Waals surface area contributed by atoms with Gasteiger partial charge in [0.05, 0.1) is 22.4 Å². The zero-order chi connectivity index (χ0) is 25.5. The second-order valence-corrected chi connectivity index (χ2v) is 10.1. The Bertz CT molecular complexity index is 2250. The molecular formula is C35H21N3O. The van der Waals surface area contributed by atoms with E-state index >= 15 is 0 Å². The van der Waals surface area contributed by atoms with Crippen LogP contribution in [0.2, 0.25) is 0 Å². The molecule has 3 heterocycles. The van der Waals surface area contributed by atoms with Crippen molar-refractivity contribution in [1.29, 1.82) is 0 Å². The molecule has 6 aromatic carbocycles. The summed E-state index contributed by atoms with van der Waals surface area (Å²) >= 11 is 0. The van der Waals surface area contributed by atoms with Gasteiger partial charge in [-0.3, -0.25) is 9.47 Å². The highest BCUT2D eigenvalue weighted by molar-refractivity contribution is 6.07. The molecule has 0 saturated heterocycles.